The molecule has 0 aliphatic rings. The lowest BCUT2D eigenvalue weighted by Gasteiger charge is -2.14. The smallest absolute Gasteiger partial charge is 0.218 e. The number of aromatic nitrogens is 1. The van der Waals surface area contributed by atoms with E-state index in [0.717, 1.165) is 37.7 Å². The molecule has 1 heterocycles. The summed E-state index contributed by atoms with van der Waals surface area (Å²) in [4.78, 5) is 4.57. The Morgan fingerprint density at radius 3 is 2.48 bits per heavy atom. The first-order chi connectivity index (χ1) is 10.2. The fraction of sp³-hybridized carbons (Fsp3) is 0.722. The van der Waals surface area contributed by atoms with Crippen LogP contribution in [0, 0.1) is 13.8 Å². The highest BCUT2D eigenvalue weighted by Gasteiger charge is 2.09. The fourth-order valence-corrected chi connectivity index (χ4v) is 2.46. The molecule has 0 unspecified atom stereocenters. The number of ether oxygens (including phenoxy) is 1. The first-order valence-electron chi connectivity index (χ1n) is 8.49. The third-order valence-corrected chi connectivity index (χ3v) is 3.73. The number of nitrogens with one attached hydrogen (secondary N) is 1. The summed E-state index contributed by atoms with van der Waals surface area (Å²) in [7, 11) is 0. The summed E-state index contributed by atoms with van der Waals surface area (Å²) < 4.78 is 5.95. The molecule has 3 heteroatoms. The topological polar surface area (TPSA) is 34.1 Å². The largest absolute Gasteiger partial charge is 0.477 e. The zero-order chi connectivity index (χ0) is 15.5. The van der Waals surface area contributed by atoms with E-state index in [-0.39, 0.29) is 0 Å². The lowest BCUT2D eigenvalue weighted by atomic mass is 10.1. The Labute approximate surface area is 130 Å². The van der Waals surface area contributed by atoms with E-state index in [1.165, 1.54) is 43.2 Å². The predicted octanol–water partition coefficient (Wildman–Crippen LogP) is 4.55. The Balaban J connectivity index is 2.45. The average Bonchev–Trinajstić information content (AvgIpc) is 2.45. The third kappa shape index (κ3) is 6.94. The van der Waals surface area contributed by atoms with E-state index in [4.69, 9.17) is 4.74 Å². The van der Waals surface area contributed by atoms with E-state index in [1.807, 2.05) is 6.92 Å². The highest BCUT2D eigenvalue weighted by Crippen LogP contribution is 2.21. The number of rotatable bonds is 11. The van der Waals surface area contributed by atoms with E-state index in [2.05, 4.69) is 37.1 Å². The number of pyridine rings is 1. The molecular formula is C18H32N2O. The number of hydrogen-bond acceptors (Lipinski definition) is 3. The maximum absolute atomic E-state index is 5.95. The van der Waals surface area contributed by atoms with Gasteiger partial charge in [0, 0.05) is 17.8 Å². The van der Waals surface area contributed by atoms with Gasteiger partial charge in [0.15, 0.2) is 0 Å². The van der Waals surface area contributed by atoms with Gasteiger partial charge in [-0.25, -0.2) is 4.98 Å². The van der Waals surface area contributed by atoms with Crippen LogP contribution < -0.4 is 10.1 Å². The predicted molar refractivity (Wildman–Crippen MR) is 90.0 cm³/mol. The van der Waals surface area contributed by atoms with Gasteiger partial charge < -0.3 is 10.1 Å². The zero-order valence-electron chi connectivity index (χ0n) is 14.3. The highest BCUT2D eigenvalue weighted by molar-refractivity contribution is 5.35. The van der Waals surface area contributed by atoms with Gasteiger partial charge in [0.2, 0.25) is 5.88 Å². The van der Waals surface area contributed by atoms with Crippen LogP contribution in [0.25, 0.3) is 0 Å². The molecule has 120 valence electrons. The second kappa shape index (κ2) is 10.6. The van der Waals surface area contributed by atoms with Gasteiger partial charge in [0.25, 0.3) is 0 Å². The fourth-order valence-electron chi connectivity index (χ4n) is 2.46. The second-order valence-corrected chi connectivity index (χ2v) is 5.76. The van der Waals surface area contributed by atoms with Gasteiger partial charge >= 0.3 is 0 Å². The normalized spacial score (nSPS) is 10.9. The van der Waals surface area contributed by atoms with Crippen molar-refractivity contribution in [3.8, 4) is 5.88 Å². The number of nitrogens with zero attached hydrogens (tertiary/aromatic N) is 1. The van der Waals surface area contributed by atoms with E-state index < -0.39 is 0 Å². The zero-order valence-corrected chi connectivity index (χ0v) is 14.3. The Morgan fingerprint density at radius 1 is 1.05 bits per heavy atom. The lowest BCUT2D eigenvalue weighted by molar-refractivity contribution is 0.288. The molecule has 1 aromatic heterocycles. The van der Waals surface area contributed by atoms with Crippen molar-refractivity contribution < 1.29 is 4.74 Å². The summed E-state index contributed by atoms with van der Waals surface area (Å²) in [5, 5.41) is 3.37. The van der Waals surface area contributed by atoms with E-state index in [1.54, 1.807) is 0 Å². The molecule has 0 spiro atoms. The standard InChI is InChI=1S/C18H32N2O/c1-5-7-8-9-10-11-12-21-18-17(14-19-6-2)15(3)13-16(4)20-18/h13,19H,5-12,14H2,1-4H3. The Hall–Kier alpha value is -1.09. The van der Waals surface area contributed by atoms with Gasteiger partial charge in [-0.15, -0.1) is 0 Å². The molecule has 0 radical (unpaired) electrons. The highest BCUT2D eigenvalue weighted by atomic mass is 16.5. The maximum atomic E-state index is 5.95. The molecule has 0 saturated heterocycles. The third-order valence-electron chi connectivity index (χ3n) is 3.73. The van der Waals surface area contributed by atoms with Crippen LogP contribution in [0.1, 0.15) is 69.2 Å². The van der Waals surface area contributed by atoms with Crippen molar-refractivity contribution in [1.29, 1.82) is 0 Å². The lowest BCUT2D eigenvalue weighted by Crippen LogP contribution is -2.15. The molecule has 0 aliphatic heterocycles. The van der Waals surface area contributed by atoms with Crippen molar-refractivity contribution in [3.63, 3.8) is 0 Å². The number of hydrogen-bond donors (Lipinski definition) is 1. The first kappa shape index (κ1) is 18.0. The number of aryl methyl sites for hydroxylation is 2. The van der Waals surface area contributed by atoms with Crippen LogP contribution in [0.4, 0.5) is 0 Å². The molecule has 1 rings (SSSR count). The summed E-state index contributed by atoms with van der Waals surface area (Å²) in [5.74, 6) is 0.821. The van der Waals surface area contributed by atoms with Crippen LogP contribution in [0.3, 0.4) is 0 Å². The van der Waals surface area contributed by atoms with Gasteiger partial charge in [0.05, 0.1) is 6.61 Å². The molecule has 1 aromatic rings. The van der Waals surface area contributed by atoms with Gasteiger partial charge in [-0.3, -0.25) is 0 Å². The van der Waals surface area contributed by atoms with Gasteiger partial charge in [-0.2, -0.15) is 0 Å². The summed E-state index contributed by atoms with van der Waals surface area (Å²) in [6.07, 6.45) is 7.71. The molecule has 21 heavy (non-hydrogen) atoms. The van der Waals surface area contributed by atoms with E-state index in [0.29, 0.717) is 0 Å². The average molecular weight is 292 g/mol. The molecule has 0 aliphatic carbocycles. The minimum absolute atomic E-state index is 0.779. The van der Waals surface area contributed by atoms with Gasteiger partial charge in [-0.05, 0) is 38.4 Å². The Bertz CT molecular complexity index is 404. The minimum atomic E-state index is 0.779. The molecule has 0 aromatic carbocycles. The molecule has 1 N–H and O–H groups in total. The molecule has 0 fully saturated rings. The van der Waals surface area contributed by atoms with Crippen molar-refractivity contribution in [3.05, 3.63) is 22.9 Å². The molecule has 0 bridgehead atoms. The van der Waals surface area contributed by atoms with Gasteiger partial charge in [-0.1, -0.05) is 46.0 Å². The molecule has 3 nitrogen and oxygen atoms in total. The van der Waals surface area contributed by atoms with Crippen molar-refractivity contribution in [2.45, 2.75) is 72.8 Å². The van der Waals surface area contributed by atoms with Crippen LogP contribution in [0.5, 0.6) is 5.88 Å². The molecule has 0 amide bonds. The molecular weight excluding hydrogens is 260 g/mol. The maximum Gasteiger partial charge on any atom is 0.218 e. The second-order valence-electron chi connectivity index (χ2n) is 5.76. The van der Waals surface area contributed by atoms with Crippen molar-refractivity contribution >= 4 is 0 Å². The van der Waals surface area contributed by atoms with Crippen LogP contribution >= 0.6 is 0 Å². The van der Waals surface area contributed by atoms with Crippen LogP contribution in [0.15, 0.2) is 6.07 Å². The number of unbranched alkanes of at least 4 members (excludes halogenated alkanes) is 5. The van der Waals surface area contributed by atoms with Crippen molar-refractivity contribution in [2.24, 2.45) is 0 Å². The van der Waals surface area contributed by atoms with E-state index in [9.17, 15) is 0 Å². The summed E-state index contributed by atoms with van der Waals surface area (Å²) in [6.45, 7) is 11.1. The van der Waals surface area contributed by atoms with E-state index >= 15 is 0 Å². The molecule has 0 atom stereocenters. The van der Waals surface area contributed by atoms with Gasteiger partial charge in [0.1, 0.15) is 0 Å². The Morgan fingerprint density at radius 2 is 1.76 bits per heavy atom. The minimum Gasteiger partial charge on any atom is -0.477 e. The summed E-state index contributed by atoms with van der Waals surface area (Å²) in [5.41, 5.74) is 3.50. The first-order valence-corrected chi connectivity index (χ1v) is 8.49. The Kier molecular flexibility index (Phi) is 9.07. The molecule has 0 saturated carbocycles. The summed E-state index contributed by atoms with van der Waals surface area (Å²) >= 11 is 0. The quantitative estimate of drug-likeness (QED) is 0.608. The van der Waals surface area contributed by atoms with Crippen LogP contribution in [-0.2, 0) is 6.54 Å². The monoisotopic (exact) mass is 292 g/mol. The van der Waals surface area contributed by atoms with Crippen LogP contribution in [-0.4, -0.2) is 18.1 Å². The summed E-state index contributed by atoms with van der Waals surface area (Å²) in [6, 6.07) is 2.13. The van der Waals surface area contributed by atoms with Crippen molar-refractivity contribution in [2.75, 3.05) is 13.2 Å². The van der Waals surface area contributed by atoms with Crippen LogP contribution in [0.2, 0.25) is 0 Å². The van der Waals surface area contributed by atoms with Crippen molar-refractivity contribution in [1.82, 2.24) is 10.3 Å². The SMILES string of the molecule is CCCCCCCCOc1nc(C)cc(C)c1CNCC.